The maximum atomic E-state index is 5.42. The molecular weight excluding hydrogens is 234 g/mol. The minimum absolute atomic E-state index is 0.0158. The number of anilines is 1. The summed E-state index contributed by atoms with van der Waals surface area (Å²) < 4.78 is 10.4. The molecule has 7 heteroatoms. The zero-order valence-electron chi connectivity index (χ0n) is 10.7. The lowest BCUT2D eigenvalue weighted by molar-refractivity contribution is 0.379. The van der Waals surface area contributed by atoms with Gasteiger partial charge in [0.1, 0.15) is 0 Å². The van der Waals surface area contributed by atoms with Crippen LogP contribution in [-0.2, 0) is 13.1 Å². The van der Waals surface area contributed by atoms with E-state index in [-0.39, 0.29) is 5.54 Å². The normalized spacial score (nSPS) is 11.7. The van der Waals surface area contributed by atoms with Crippen molar-refractivity contribution in [3.63, 3.8) is 0 Å². The van der Waals surface area contributed by atoms with E-state index in [2.05, 4.69) is 46.8 Å². The lowest BCUT2D eigenvalue weighted by Gasteiger charge is -2.18. The number of rotatable bonds is 5. The maximum absolute atomic E-state index is 5.42. The zero-order chi connectivity index (χ0) is 13.0. The van der Waals surface area contributed by atoms with E-state index in [1.165, 1.54) is 0 Å². The summed E-state index contributed by atoms with van der Waals surface area (Å²) in [5.74, 6) is 1.26. The summed E-state index contributed by atoms with van der Waals surface area (Å²) in [5.41, 5.74) is 0.0158. The molecule has 0 spiro atoms. The molecule has 0 aliphatic heterocycles. The van der Waals surface area contributed by atoms with Crippen molar-refractivity contribution in [1.29, 1.82) is 0 Å². The van der Waals surface area contributed by atoms with Crippen LogP contribution >= 0.6 is 0 Å². The lowest BCUT2D eigenvalue weighted by Crippen LogP contribution is -2.35. The summed E-state index contributed by atoms with van der Waals surface area (Å²) in [5, 5.41) is 17.7. The molecule has 2 N–H and O–H groups in total. The van der Waals surface area contributed by atoms with Crippen LogP contribution in [0.15, 0.2) is 21.2 Å². The molecule has 0 fully saturated rings. The summed E-state index contributed by atoms with van der Waals surface area (Å²) in [6.07, 6.45) is 1.59. The fourth-order valence-corrected chi connectivity index (χ4v) is 1.23. The molecule has 0 amide bonds. The van der Waals surface area contributed by atoms with E-state index in [9.17, 15) is 0 Å². The van der Waals surface area contributed by atoms with Crippen LogP contribution in [0.4, 0.5) is 6.01 Å². The molecule has 2 aromatic rings. The quantitative estimate of drug-likeness (QED) is 0.833. The summed E-state index contributed by atoms with van der Waals surface area (Å²) in [7, 11) is 0. The molecule has 0 saturated heterocycles. The topological polar surface area (TPSA) is 89.0 Å². The third-order valence-electron chi connectivity index (χ3n) is 2.14. The van der Waals surface area contributed by atoms with Crippen LogP contribution < -0.4 is 10.6 Å². The van der Waals surface area contributed by atoms with Crippen molar-refractivity contribution in [3.8, 4) is 0 Å². The molecule has 7 nitrogen and oxygen atoms in total. The van der Waals surface area contributed by atoms with Crippen molar-refractivity contribution < 1.29 is 8.94 Å². The Morgan fingerprint density at radius 2 is 2.06 bits per heavy atom. The molecule has 2 aromatic heterocycles. The van der Waals surface area contributed by atoms with Gasteiger partial charge in [-0.05, 0) is 20.8 Å². The van der Waals surface area contributed by atoms with Gasteiger partial charge in [0.2, 0.25) is 5.89 Å². The van der Waals surface area contributed by atoms with Crippen molar-refractivity contribution >= 4 is 6.01 Å². The minimum Gasteiger partial charge on any atom is -0.407 e. The van der Waals surface area contributed by atoms with Gasteiger partial charge in [-0.3, -0.25) is 0 Å². The Labute approximate surface area is 105 Å². The van der Waals surface area contributed by atoms with Crippen LogP contribution in [0.2, 0.25) is 0 Å². The first-order chi connectivity index (χ1) is 8.53. The largest absolute Gasteiger partial charge is 0.407 e. The Hall–Kier alpha value is -1.89. The van der Waals surface area contributed by atoms with Crippen molar-refractivity contribution in [2.24, 2.45) is 0 Å². The number of hydrogen-bond donors (Lipinski definition) is 2. The van der Waals surface area contributed by atoms with Gasteiger partial charge >= 0.3 is 6.01 Å². The molecule has 0 saturated carbocycles. The summed E-state index contributed by atoms with van der Waals surface area (Å²) in [4.78, 5) is 0. The van der Waals surface area contributed by atoms with Crippen molar-refractivity contribution in [1.82, 2.24) is 20.7 Å². The summed E-state index contributed by atoms with van der Waals surface area (Å²) in [6.45, 7) is 7.24. The molecular formula is C11H17N5O2. The molecule has 2 rings (SSSR count). The Bertz CT molecular complexity index is 472. The molecule has 0 bridgehead atoms. The number of hydrogen-bond acceptors (Lipinski definition) is 7. The molecule has 0 aliphatic carbocycles. The lowest BCUT2D eigenvalue weighted by atomic mass is 10.1. The molecule has 0 unspecified atom stereocenters. The fourth-order valence-electron chi connectivity index (χ4n) is 1.23. The highest BCUT2D eigenvalue weighted by atomic mass is 16.5. The van der Waals surface area contributed by atoms with Gasteiger partial charge in [-0.2, -0.15) is 0 Å². The second-order valence-electron chi connectivity index (χ2n) is 4.94. The van der Waals surface area contributed by atoms with Gasteiger partial charge in [-0.15, -0.1) is 5.10 Å². The molecule has 18 heavy (non-hydrogen) atoms. The van der Waals surface area contributed by atoms with Crippen LogP contribution in [0.3, 0.4) is 0 Å². The van der Waals surface area contributed by atoms with Gasteiger partial charge in [0.15, 0.2) is 5.76 Å². The second kappa shape index (κ2) is 5.18. The van der Waals surface area contributed by atoms with Gasteiger partial charge in [-0.1, -0.05) is 10.3 Å². The fraction of sp³-hybridized carbons (Fsp3) is 0.545. The third kappa shape index (κ3) is 3.85. The van der Waals surface area contributed by atoms with Crippen LogP contribution in [0.5, 0.6) is 0 Å². The average Bonchev–Trinajstić information content (AvgIpc) is 2.94. The highest BCUT2D eigenvalue weighted by molar-refractivity contribution is 5.18. The van der Waals surface area contributed by atoms with Gasteiger partial charge in [0.05, 0.1) is 19.3 Å². The third-order valence-corrected chi connectivity index (χ3v) is 2.14. The molecule has 0 atom stereocenters. The molecule has 0 radical (unpaired) electrons. The van der Waals surface area contributed by atoms with E-state index in [4.69, 9.17) is 8.94 Å². The Kier molecular flexibility index (Phi) is 3.61. The predicted molar refractivity (Wildman–Crippen MR) is 64.7 cm³/mol. The van der Waals surface area contributed by atoms with E-state index in [1.807, 2.05) is 0 Å². The maximum Gasteiger partial charge on any atom is 0.315 e. The first-order valence-corrected chi connectivity index (χ1v) is 5.74. The van der Waals surface area contributed by atoms with Crippen molar-refractivity contribution in [2.45, 2.75) is 39.4 Å². The smallest absolute Gasteiger partial charge is 0.315 e. The first-order valence-electron chi connectivity index (χ1n) is 5.74. The number of nitrogens with one attached hydrogen (secondary N) is 2. The number of aromatic nitrogens is 3. The standard InChI is InChI=1S/C11H17N5O2/c1-11(2,3)13-7-9-15-16-10(17-9)12-6-8-4-5-14-18-8/h4-5,13H,6-7H2,1-3H3,(H,12,16). The molecule has 2 heterocycles. The Morgan fingerprint density at radius 3 is 2.72 bits per heavy atom. The van der Waals surface area contributed by atoms with E-state index in [1.54, 1.807) is 12.3 Å². The van der Waals surface area contributed by atoms with Crippen LogP contribution in [0.1, 0.15) is 32.4 Å². The van der Waals surface area contributed by atoms with E-state index >= 15 is 0 Å². The second-order valence-corrected chi connectivity index (χ2v) is 4.94. The minimum atomic E-state index is 0.0158. The van der Waals surface area contributed by atoms with Crippen LogP contribution in [0.25, 0.3) is 0 Å². The van der Waals surface area contributed by atoms with Crippen molar-refractivity contribution in [2.75, 3.05) is 5.32 Å². The van der Waals surface area contributed by atoms with E-state index in [0.29, 0.717) is 30.8 Å². The molecule has 0 aliphatic rings. The molecule has 0 aromatic carbocycles. The average molecular weight is 251 g/mol. The van der Waals surface area contributed by atoms with E-state index < -0.39 is 0 Å². The van der Waals surface area contributed by atoms with Crippen LogP contribution in [-0.4, -0.2) is 20.9 Å². The summed E-state index contributed by atoms with van der Waals surface area (Å²) >= 11 is 0. The highest BCUT2D eigenvalue weighted by Crippen LogP contribution is 2.09. The van der Waals surface area contributed by atoms with Gasteiger partial charge < -0.3 is 19.6 Å². The van der Waals surface area contributed by atoms with E-state index in [0.717, 1.165) is 0 Å². The SMILES string of the molecule is CC(C)(C)NCc1nnc(NCc2ccno2)o1. The summed E-state index contributed by atoms with van der Waals surface area (Å²) in [6, 6.07) is 2.14. The van der Waals surface area contributed by atoms with Crippen molar-refractivity contribution in [3.05, 3.63) is 23.9 Å². The molecule has 98 valence electrons. The highest BCUT2D eigenvalue weighted by Gasteiger charge is 2.12. The predicted octanol–water partition coefficient (Wildman–Crippen LogP) is 1.56. The Balaban J connectivity index is 1.82. The van der Waals surface area contributed by atoms with Crippen LogP contribution in [0, 0.1) is 0 Å². The van der Waals surface area contributed by atoms with Gasteiger partial charge in [0.25, 0.3) is 0 Å². The first kappa shape index (κ1) is 12.6. The number of nitrogens with zero attached hydrogens (tertiary/aromatic N) is 3. The monoisotopic (exact) mass is 251 g/mol. The van der Waals surface area contributed by atoms with Gasteiger partial charge in [-0.25, -0.2) is 0 Å². The zero-order valence-corrected chi connectivity index (χ0v) is 10.7. The van der Waals surface area contributed by atoms with Gasteiger partial charge in [0, 0.05) is 11.6 Å². The Morgan fingerprint density at radius 1 is 1.22 bits per heavy atom.